The van der Waals surface area contributed by atoms with E-state index in [-0.39, 0.29) is 11.9 Å². The molecule has 0 aromatic heterocycles. The lowest BCUT2D eigenvalue weighted by Gasteiger charge is -2.22. The summed E-state index contributed by atoms with van der Waals surface area (Å²) < 4.78 is 4.95. The van der Waals surface area contributed by atoms with Crippen LogP contribution in [0.15, 0.2) is 0 Å². The quantitative estimate of drug-likeness (QED) is 0.620. The number of methoxy groups -OCH3 is 1. The Morgan fingerprint density at radius 2 is 2.29 bits per heavy atom. The van der Waals surface area contributed by atoms with Crippen LogP contribution < -0.4 is 11.1 Å². The first-order valence-electron chi connectivity index (χ1n) is 5.23. The Kier molecular flexibility index (Phi) is 4.35. The molecular weight excluding hydrogens is 180 g/mol. The molecule has 0 aromatic carbocycles. The molecule has 1 fully saturated rings. The molecule has 0 heterocycles. The number of ether oxygens (including phenoxy) is 1. The van der Waals surface area contributed by atoms with E-state index in [9.17, 15) is 4.79 Å². The van der Waals surface area contributed by atoms with E-state index >= 15 is 0 Å². The van der Waals surface area contributed by atoms with E-state index in [1.165, 1.54) is 12.8 Å². The van der Waals surface area contributed by atoms with Gasteiger partial charge in [0.25, 0.3) is 0 Å². The molecule has 14 heavy (non-hydrogen) atoms. The van der Waals surface area contributed by atoms with Gasteiger partial charge in [0.15, 0.2) is 0 Å². The molecule has 2 unspecified atom stereocenters. The minimum absolute atomic E-state index is 0.328. The van der Waals surface area contributed by atoms with Crippen molar-refractivity contribution < 1.29 is 9.53 Å². The largest absolute Gasteiger partial charge is 0.383 e. The topological polar surface area (TPSA) is 64.3 Å². The smallest absolute Gasteiger partial charge is 0.236 e. The van der Waals surface area contributed by atoms with Gasteiger partial charge in [-0.3, -0.25) is 4.79 Å². The summed E-state index contributed by atoms with van der Waals surface area (Å²) in [7, 11) is 1.58. The van der Waals surface area contributed by atoms with Gasteiger partial charge in [0.2, 0.25) is 5.91 Å². The normalized spacial score (nSPS) is 20.4. The molecule has 0 saturated heterocycles. The maximum absolute atomic E-state index is 11.1. The highest BCUT2D eigenvalue weighted by Gasteiger charge is 2.32. The molecule has 0 radical (unpaired) electrons. The molecule has 82 valence electrons. The number of primary amides is 1. The molecule has 0 aliphatic heterocycles. The van der Waals surface area contributed by atoms with Gasteiger partial charge in [0, 0.05) is 13.2 Å². The second-order valence-corrected chi connectivity index (χ2v) is 3.93. The molecule has 4 nitrogen and oxygen atoms in total. The summed E-state index contributed by atoms with van der Waals surface area (Å²) >= 11 is 0. The van der Waals surface area contributed by atoms with Crippen LogP contribution in [-0.2, 0) is 9.53 Å². The van der Waals surface area contributed by atoms with Gasteiger partial charge in [-0.2, -0.15) is 0 Å². The van der Waals surface area contributed by atoms with E-state index in [0.717, 1.165) is 12.3 Å². The Hall–Kier alpha value is -0.610. The number of amides is 1. The molecule has 0 aromatic rings. The standard InChI is InChI=1S/C10H20N2O2/c1-3-8(7-4-5-7)12-9(6-14-2)10(11)13/h7-9,12H,3-6H2,1-2H3,(H2,11,13). The van der Waals surface area contributed by atoms with Crippen molar-refractivity contribution in [3.05, 3.63) is 0 Å². The molecule has 4 heteroatoms. The van der Waals surface area contributed by atoms with Crippen LogP contribution in [0.2, 0.25) is 0 Å². The average Bonchev–Trinajstić information content (AvgIpc) is 2.95. The summed E-state index contributed by atoms with van der Waals surface area (Å²) in [5.74, 6) is 0.407. The minimum Gasteiger partial charge on any atom is -0.383 e. The van der Waals surface area contributed by atoms with Crippen molar-refractivity contribution in [2.24, 2.45) is 11.7 Å². The SMILES string of the molecule is CCC(NC(COC)C(N)=O)C1CC1. The van der Waals surface area contributed by atoms with Gasteiger partial charge in [0.05, 0.1) is 6.61 Å². The first-order chi connectivity index (χ1) is 6.69. The van der Waals surface area contributed by atoms with Gasteiger partial charge < -0.3 is 15.8 Å². The molecule has 1 rings (SSSR count). The van der Waals surface area contributed by atoms with Crippen molar-refractivity contribution in [2.75, 3.05) is 13.7 Å². The number of hydrogen-bond donors (Lipinski definition) is 2. The second kappa shape index (κ2) is 5.32. The van der Waals surface area contributed by atoms with Gasteiger partial charge in [-0.25, -0.2) is 0 Å². The maximum atomic E-state index is 11.1. The lowest BCUT2D eigenvalue weighted by molar-refractivity contribution is -0.121. The monoisotopic (exact) mass is 200 g/mol. The Bertz CT molecular complexity index is 193. The number of nitrogens with two attached hydrogens (primary N) is 1. The third-order valence-electron chi connectivity index (χ3n) is 2.72. The Morgan fingerprint density at radius 3 is 2.64 bits per heavy atom. The molecule has 1 saturated carbocycles. The van der Waals surface area contributed by atoms with Gasteiger partial charge >= 0.3 is 0 Å². The van der Waals surface area contributed by atoms with Crippen LogP contribution in [0.5, 0.6) is 0 Å². The van der Waals surface area contributed by atoms with Crippen LogP contribution in [0.1, 0.15) is 26.2 Å². The fourth-order valence-electron chi connectivity index (χ4n) is 1.72. The fourth-order valence-corrected chi connectivity index (χ4v) is 1.72. The lowest BCUT2D eigenvalue weighted by Crippen LogP contribution is -2.49. The van der Waals surface area contributed by atoms with Crippen molar-refractivity contribution in [3.8, 4) is 0 Å². The zero-order valence-electron chi connectivity index (χ0n) is 8.95. The van der Waals surface area contributed by atoms with Crippen LogP contribution in [0.25, 0.3) is 0 Å². The number of nitrogens with one attached hydrogen (secondary N) is 1. The van der Waals surface area contributed by atoms with E-state index in [4.69, 9.17) is 10.5 Å². The minimum atomic E-state index is -0.342. The van der Waals surface area contributed by atoms with Crippen molar-refractivity contribution in [3.63, 3.8) is 0 Å². The highest BCUT2D eigenvalue weighted by molar-refractivity contribution is 5.80. The lowest BCUT2D eigenvalue weighted by atomic mass is 10.1. The number of carbonyl (C=O) groups is 1. The summed E-state index contributed by atoms with van der Waals surface area (Å²) in [4.78, 5) is 11.1. The Labute approximate surface area is 85.2 Å². The molecule has 2 atom stereocenters. The van der Waals surface area contributed by atoms with Gasteiger partial charge in [-0.05, 0) is 25.2 Å². The van der Waals surface area contributed by atoms with Gasteiger partial charge in [-0.1, -0.05) is 6.92 Å². The Morgan fingerprint density at radius 1 is 1.64 bits per heavy atom. The summed E-state index contributed by atoms with van der Waals surface area (Å²) in [6.45, 7) is 2.49. The third kappa shape index (κ3) is 3.27. The van der Waals surface area contributed by atoms with Gasteiger partial charge in [0.1, 0.15) is 6.04 Å². The number of rotatable bonds is 7. The average molecular weight is 200 g/mol. The first kappa shape index (κ1) is 11.5. The van der Waals surface area contributed by atoms with Crippen LogP contribution in [0.3, 0.4) is 0 Å². The highest BCUT2D eigenvalue weighted by Crippen LogP contribution is 2.34. The van der Waals surface area contributed by atoms with Crippen molar-refractivity contribution >= 4 is 5.91 Å². The summed E-state index contributed by atoms with van der Waals surface area (Å²) in [5.41, 5.74) is 5.26. The van der Waals surface area contributed by atoms with Crippen LogP contribution in [-0.4, -0.2) is 31.7 Å². The molecule has 3 N–H and O–H groups in total. The van der Waals surface area contributed by atoms with Gasteiger partial charge in [-0.15, -0.1) is 0 Å². The van der Waals surface area contributed by atoms with E-state index in [2.05, 4.69) is 12.2 Å². The second-order valence-electron chi connectivity index (χ2n) is 3.93. The number of hydrogen-bond acceptors (Lipinski definition) is 3. The zero-order valence-corrected chi connectivity index (χ0v) is 8.95. The van der Waals surface area contributed by atoms with Crippen LogP contribution >= 0.6 is 0 Å². The predicted octanol–water partition coefficient (Wildman–Crippen LogP) is 0.265. The van der Waals surface area contributed by atoms with Crippen molar-refractivity contribution in [2.45, 2.75) is 38.3 Å². The van der Waals surface area contributed by atoms with E-state index < -0.39 is 0 Å². The van der Waals surface area contributed by atoms with Crippen LogP contribution in [0, 0.1) is 5.92 Å². The van der Waals surface area contributed by atoms with E-state index in [0.29, 0.717) is 12.6 Å². The third-order valence-corrected chi connectivity index (χ3v) is 2.72. The summed E-state index contributed by atoms with van der Waals surface area (Å²) in [5, 5.41) is 3.27. The van der Waals surface area contributed by atoms with E-state index in [1.54, 1.807) is 7.11 Å². The first-order valence-corrected chi connectivity index (χ1v) is 5.23. The fraction of sp³-hybridized carbons (Fsp3) is 0.900. The molecule has 1 amide bonds. The number of carbonyl (C=O) groups excluding carboxylic acids is 1. The molecule has 1 aliphatic carbocycles. The predicted molar refractivity (Wildman–Crippen MR) is 54.8 cm³/mol. The summed E-state index contributed by atoms with van der Waals surface area (Å²) in [6.07, 6.45) is 3.58. The highest BCUT2D eigenvalue weighted by atomic mass is 16.5. The molecule has 0 spiro atoms. The molecule has 1 aliphatic rings. The molecule has 0 bridgehead atoms. The summed E-state index contributed by atoms with van der Waals surface area (Å²) in [6, 6.07) is 0.0770. The molecular formula is C10H20N2O2. The zero-order chi connectivity index (χ0) is 10.6. The van der Waals surface area contributed by atoms with Crippen LogP contribution in [0.4, 0.5) is 0 Å². The Balaban J connectivity index is 2.39. The van der Waals surface area contributed by atoms with Crippen molar-refractivity contribution in [1.82, 2.24) is 5.32 Å². The van der Waals surface area contributed by atoms with Crippen molar-refractivity contribution in [1.29, 1.82) is 0 Å². The maximum Gasteiger partial charge on any atom is 0.236 e. The van der Waals surface area contributed by atoms with E-state index in [1.807, 2.05) is 0 Å².